The van der Waals surface area contributed by atoms with Crippen LogP contribution in [0, 0.1) is 0 Å². The van der Waals surface area contributed by atoms with Gasteiger partial charge in [-0.3, -0.25) is 9.20 Å². The molecule has 0 spiro atoms. The zero-order valence-electron chi connectivity index (χ0n) is 14.2. The monoisotopic (exact) mass is 370 g/mol. The maximum atomic E-state index is 12.7. The van der Waals surface area contributed by atoms with Gasteiger partial charge in [-0.25, -0.2) is 4.99 Å². The summed E-state index contributed by atoms with van der Waals surface area (Å²) in [6.45, 7) is 0. The first-order valence-electron chi connectivity index (χ1n) is 7.59. The average molecular weight is 370 g/mol. The van der Waals surface area contributed by atoms with Crippen molar-refractivity contribution in [3.63, 3.8) is 0 Å². The summed E-state index contributed by atoms with van der Waals surface area (Å²) in [4.78, 5) is 16.3. The van der Waals surface area contributed by atoms with Crippen molar-refractivity contribution in [2.75, 3.05) is 0 Å². The Balaban J connectivity index is 0.00000210. The maximum absolute atomic E-state index is 12.7. The summed E-state index contributed by atoms with van der Waals surface area (Å²) in [6, 6.07) is 15.6. The second-order valence-corrected chi connectivity index (χ2v) is 5.23. The van der Waals surface area contributed by atoms with Crippen molar-refractivity contribution in [3.8, 4) is 11.5 Å². The Morgan fingerprint density at radius 1 is 1.15 bits per heavy atom. The van der Waals surface area contributed by atoms with E-state index in [2.05, 4.69) is 25.6 Å². The standard InChI is InChI=1S/C17H12N6O3.Na/c24-15(18-17-19-21-22-20-17)12-10-14(26-11-6-2-1-3-7-11)13-8-4-5-9-23(13)16(12)25;/h1-10H,(H2,18,19,20,21,22,24);/q;+1/p-1. The topological polar surface area (TPSA) is 121 Å². The Hall–Kier alpha value is -3.01. The van der Waals surface area contributed by atoms with Crippen molar-refractivity contribution in [2.24, 2.45) is 4.99 Å². The number of ether oxygens (including phenoxy) is 1. The minimum atomic E-state index is -0.785. The molecule has 1 N–H and O–H groups in total. The van der Waals surface area contributed by atoms with Gasteiger partial charge in [-0.1, -0.05) is 29.4 Å². The summed E-state index contributed by atoms with van der Waals surface area (Å²) < 4.78 is 7.20. The van der Waals surface area contributed by atoms with Crippen molar-refractivity contribution in [1.29, 1.82) is 0 Å². The van der Waals surface area contributed by atoms with Crippen LogP contribution >= 0.6 is 0 Å². The van der Waals surface area contributed by atoms with Crippen LogP contribution in [0.2, 0.25) is 0 Å². The number of nitrogens with one attached hydrogen (secondary N) is 1. The van der Waals surface area contributed by atoms with E-state index in [9.17, 15) is 9.90 Å². The van der Waals surface area contributed by atoms with E-state index in [0.717, 1.165) is 0 Å². The van der Waals surface area contributed by atoms with Gasteiger partial charge in [-0.2, -0.15) is 5.21 Å². The fourth-order valence-electron chi connectivity index (χ4n) is 2.42. The predicted octanol–water partition coefficient (Wildman–Crippen LogP) is -1.95. The van der Waals surface area contributed by atoms with Crippen LogP contribution in [-0.4, -0.2) is 30.9 Å². The summed E-state index contributed by atoms with van der Waals surface area (Å²) in [5, 5.41) is 25.1. The quantitative estimate of drug-likeness (QED) is 0.253. The van der Waals surface area contributed by atoms with Crippen LogP contribution in [0.25, 0.3) is 5.52 Å². The van der Waals surface area contributed by atoms with Gasteiger partial charge in [-0.15, -0.1) is 5.10 Å². The van der Waals surface area contributed by atoms with Crippen LogP contribution in [0.1, 0.15) is 5.56 Å². The number of rotatable bonds is 4. The number of fused-ring (bicyclic) bond motifs is 1. The molecular weight excluding hydrogens is 359 g/mol. The molecule has 9 nitrogen and oxygen atoms in total. The van der Waals surface area contributed by atoms with Crippen LogP contribution in [0.4, 0.5) is 5.95 Å². The summed E-state index contributed by atoms with van der Waals surface area (Å²) in [6.07, 6.45) is 1.56. The zero-order valence-corrected chi connectivity index (χ0v) is 16.2. The number of hydrogen-bond donors (Lipinski definition) is 1. The van der Waals surface area contributed by atoms with E-state index in [0.29, 0.717) is 17.0 Å². The van der Waals surface area contributed by atoms with Crippen LogP contribution in [0.15, 0.2) is 70.6 Å². The average Bonchev–Trinajstić information content (AvgIpc) is 3.18. The summed E-state index contributed by atoms with van der Waals surface area (Å²) in [5.41, 5.74) is -0.153. The molecule has 3 heterocycles. The summed E-state index contributed by atoms with van der Waals surface area (Å²) >= 11 is 0. The van der Waals surface area contributed by atoms with Crippen molar-refractivity contribution < 1.29 is 39.4 Å². The molecule has 0 aliphatic carbocycles. The van der Waals surface area contributed by atoms with Crippen LogP contribution in [0.3, 0.4) is 0 Å². The van der Waals surface area contributed by atoms with Gasteiger partial charge in [0.05, 0.1) is 11.1 Å². The molecule has 0 radical (unpaired) electrons. The van der Waals surface area contributed by atoms with Crippen molar-refractivity contribution in [2.45, 2.75) is 0 Å². The first-order valence-corrected chi connectivity index (χ1v) is 7.59. The molecule has 1 aromatic carbocycles. The Kier molecular flexibility index (Phi) is 5.65. The smallest absolute Gasteiger partial charge is 0.858 e. The second kappa shape index (κ2) is 8.12. The number of hydrogen-bond acceptors (Lipinski definition) is 7. The van der Waals surface area contributed by atoms with Gasteiger partial charge in [0.1, 0.15) is 5.75 Å². The van der Waals surface area contributed by atoms with E-state index >= 15 is 0 Å². The van der Waals surface area contributed by atoms with Gasteiger partial charge in [0.25, 0.3) is 11.5 Å². The van der Waals surface area contributed by atoms with E-state index < -0.39 is 11.5 Å². The predicted molar refractivity (Wildman–Crippen MR) is 90.6 cm³/mol. The van der Waals surface area contributed by atoms with Gasteiger partial charge in [0.2, 0.25) is 0 Å². The molecule has 4 aromatic rings. The van der Waals surface area contributed by atoms with Crippen LogP contribution in [0.5, 0.6) is 11.5 Å². The van der Waals surface area contributed by atoms with E-state index in [4.69, 9.17) is 4.74 Å². The van der Waals surface area contributed by atoms with Gasteiger partial charge < -0.3 is 9.84 Å². The Bertz CT molecular complexity index is 1140. The van der Waals surface area contributed by atoms with Crippen molar-refractivity contribution >= 4 is 17.4 Å². The minimum Gasteiger partial charge on any atom is -0.858 e. The van der Waals surface area contributed by atoms with E-state index in [1.807, 2.05) is 18.2 Å². The molecule has 0 aliphatic rings. The minimum absolute atomic E-state index is 0. The molecule has 0 unspecified atom stereocenters. The number of benzene rings is 1. The number of aromatic amines is 1. The third-order valence-electron chi connectivity index (χ3n) is 3.57. The summed E-state index contributed by atoms with van der Waals surface area (Å²) in [5.74, 6) is -0.0147. The molecule has 27 heavy (non-hydrogen) atoms. The molecule has 0 fully saturated rings. The van der Waals surface area contributed by atoms with Crippen molar-refractivity contribution in [3.05, 3.63) is 76.7 Å². The number of pyridine rings is 2. The van der Waals surface area contributed by atoms with Gasteiger partial charge in [-0.05, 0) is 35.5 Å². The largest absolute Gasteiger partial charge is 1.00 e. The molecule has 10 heteroatoms. The molecule has 0 amide bonds. The van der Waals surface area contributed by atoms with Crippen molar-refractivity contribution in [1.82, 2.24) is 25.0 Å². The normalized spacial score (nSPS) is 11.2. The van der Waals surface area contributed by atoms with E-state index in [1.54, 1.807) is 36.5 Å². The number of tetrazole rings is 1. The Morgan fingerprint density at radius 3 is 2.67 bits per heavy atom. The number of nitrogens with zero attached hydrogens (tertiary/aromatic N) is 5. The third kappa shape index (κ3) is 3.90. The maximum Gasteiger partial charge on any atom is 1.00 e. The van der Waals surface area contributed by atoms with Crippen LogP contribution in [-0.2, 0) is 0 Å². The Labute approximate surface area is 174 Å². The van der Waals surface area contributed by atoms with Gasteiger partial charge >= 0.3 is 29.6 Å². The molecule has 0 aliphatic heterocycles. The zero-order chi connectivity index (χ0) is 17.9. The third-order valence-corrected chi connectivity index (χ3v) is 3.57. The number of aliphatic imine (C=N–C) groups is 1. The molecule has 0 saturated heterocycles. The summed E-state index contributed by atoms with van der Waals surface area (Å²) in [7, 11) is 0. The fourth-order valence-corrected chi connectivity index (χ4v) is 2.42. The van der Waals surface area contributed by atoms with Gasteiger partial charge in [0, 0.05) is 12.1 Å². The van der Waals surface area contributed by atoms with E-state index in [-0.39, 0.29) is 41.1 Å². The molecule has 0 saturated carbocycles. The first kappa shape index (κ1) is 18.8. The second-order valence-electron chi connectivity index (χ2n) is 5.23. The van der Waals surface area contributed by atoms with E-state index in [1.165, 1.54) is 10.5 Å². The number of H-pyrrole nitrogens is 1. The molecule has 0 bridgehead atoms. The SMILES string of the molecule is O=c1c(C([O-])=Nc2nn[nH]n2)cc(Oc2ccccc2)c2ccccn12.[Na+]. The fraction of sp³-hybridized carbons (Fsp3) is 0. The molecule has 3 aromatic heterocycles. The molecule has 0 atom stereocenters. The Morgan fingerprint density at radius 2 is 1.93 bits per heavy atom. The number of aromatic nitrogens is 5. The molecule has 4 rings (SSSR count). The first-order chi connectivity index (χ1) is 12.7. The van der Waals surface area contributed by atoms with Gasteiger partial charge in [0.15, 0.2) is 5.75 Å². The molecular formula is C17H11N6NaO3. The molecule has 128 valence electrons. The van der Waals surface area contributed by atoms with Crippen LogP contribution < -0.4 is 45.0 Å². The number of para-hydroxylation sites is 1.